The number of carbonyl (C=O) groups excluding carboxylic acids is 1. The molecule has 4 rings (SSSR count). The molecule has 0 saturated carbocycles. The molecule has 0 aliphatic heterocycles. The number of methoxy groups -OCH3 is 1. The fourth-order valence-electron chi connectivity index (χ4n) is 3.06. The van der Waals surface area contributed by atoms with Crippen LogP contribution in [0.3, 0.4) is 0 Å². The standard InChI is InChI=1S/C21H17FN4O2/c1-28-21(27)24-12-14-2-7-18-19(15-8-10-23-11-9-15)20(25-26(18)13-14)16-3-5-17(22)6-4-16/h2-11,13H,12H2,1H3,(H,24,27). The van der Waals surface area contributed by atoms with Gasteiger partial charge in [-0.2, -0.15) is 5.10 Å². The zero-order chi connectivity index (χ0) is 19.5. The number of pyridine rings is 2. The van der Waals surface area contributed by atoms with Gasteiger partial charge in [0.2, 0.25) is 0 Å². The number of nitrogens with zero attached hydrogens (tertiary/aromatic N) is 3. The minimum absolute atomic E-state index is 0.297. The lowest BCUT2D eigenvalue weighted by molar-refractivity contribution is 0.170. The molecule has 0 bridgehead atoms. The van der Waals surface area contributed by atoms with Crippen LogP contribution in [-0.4, -0.2) is 27.8 Å². The molecule has 0 unspecified atom stereocenters. The minimum Gasteiger partial charge on any atom is -0.453 e. The maximum atomic E-state index is 13.4. The summed E-state index contributed by atoms with van der Waals surface area (Å²) in [5.74, 6) is -0.297. The molecule has 28 heavy (non-hydrogen) atoms. The van der Waals surface area contributed by atoms with E-state index in [-0.39, 0.29) is 5.82 Å². The number of halogens is 1. The number of amides is 1. The van der Waals surface area contributed by atoms with Gasteiger partial charge < -0.3 is 10.1 Å². The van der Waals surface area contributed by atoms with E-state index in [2.05, 4.69) is 15.0 Å². The van der Waals surface area contributed by atoms with Crippen LogP contribution in [0.2, 0.25) is 0 Å². The van der Waals surface area contributed by atoms with E-state index in [1.165, 1.54) is 19.2 Å². The Labute approximate surface area is 160 Å². The van der Waals surface area contributed by atoms with Crippen LogP contribution in [0.1, 0.15) is 5.56 Å². The van der Waals surface area contributed by atoms with Gasteiger partial charge in [0.15, 0.2) is 0 Å². The van der Waals surface area contributed by atoms with Gasteiger partial charge >= 0.3 is 6.09 Å². The molecule has 0 saturated heterocycles. The molecule has 1 aromatic carbocycles. The molecule has 1 N–H and O–H groups in total. The lowest BCUT2D eigenvalue weighted by Gasteiger charge is -2.05. The lowest BCUT2D eigenvalue weighted by atomic mass is 10.0. The summed E-state index contributed by atoms with van der Waals surface area (Å²) in [6.07, 6.45) is 4.80. The molecule has 0 aliphatic rings. The van der Waals surface area contributed by atoms with E-state index in [1.54, 1.807) is 29.0 Å². The molecule has 3 aromatic heterocycles. The fourth-order valence-corrected chi connectivity index (χ4v) is 3.06. The van der Waals surface area contributed by atoms with E-state index in [1.807, 2.05) is 30.5 Å². The largest absolute Gasteiger partial charge is 0.453 e. The van der Waals surface area contributed by atoms with Crippen molar-refractivity contribution in [2.24, 2.45) is 0 Å². The summed E-state index contributed by atoms with van der Waals surface area (Å²) in [7, 11) is 1.32. The van der Waals surface area contributed by atoms with E-state index in [4.69, 9.17) is 5.10 Å². The van der Waals surface area contributed by atoms with Gasteiger partial charge in [-0.1, -0.05) is 6.07 Å². The first-order chi connectivity index (χ1) is 13.7. The van der Waals surface area contributed by atoms with E-state index >= 15 is 0 Å². The van der Waals surface area contributed by atoms with Crippen molar-refractivity contribution in [2.75, 3.05) is 7.11 Å². The molecule has 6 nitrogen and oxygen atoms in total. The lowest BCUT2D eigenvalue weighted by Crippen LogP contribution is -2.22. The Morgan fingerprint density at radius 2 is 1.82 bits per heavy atom. The number of benzene rings is 1. The molecule has 0 atom stereocenters. The van der Waals surface area contributed by atoms with E-state index in [0.717, 1.165) is 33.5 Å². The monoisotopic (exact) mass is 376 g/mol. The number of hydrogen-bond donors (Lipinski definition) is 1. The fraction of sp³-hybridized carbons (Fsp3) is 0.0952. The number of rotatable bonds is 4. The number of carbonyl (C=O) groups is 1. The quantitative estimate of drug-likeness (QED) is 0.583. The van der Waals surface area contributed by atoms with Gasteiger partial charge in [0.05, 0.1) is 12.6 Å². The average molecular weight is 376 g/mol. The van der Waals surface area contributed by atoms with Gasteiger partial charge in [0.1, 0.15) is 11.5 Å². The van der Waals surface area contributed by atoms with E-state index < -0.39 is 6.09 Å². The summed E-state index contributed by atoms with van der Waals surface area (Å²) in [5.41, 5.74) is 5.21. The van der Waals surface area contributed by atoms with Crippen LogP contribution >= 0.6 is 0 Å². The van der Waals surface area contributed by atoms with Crippen molar-refractivity contribution < 1.29 is 13.9 Å². The van der Waals surface area contributed by atoms with Crippen molar-refractivity contribution in [3.05, 3.63) is 78.5 Å². The average Bonchev–Trinajstić information content (AvgIpc) is 3.11. The van der Waals surface area contributed by atoms with Crippen molar-refractivity contribution in [2.45, 2.75) is 6.54 Å². The summed E-state index contributed by atoms with van der Waals surface area (Å²) >= 11 is 0. The van der Waals surface area contributed by atoms with Gasteiger partial charge in [-0.15, -0.1) is 0 Å². The van der Waals surface area contributed by atoms with Crippen LogP contribution in [0.5, 0.6) is 0 Å². The van der Waals surface area contributed by atoms with Crippen molar-refractivity contribution in [1.29, 1.82) is 0 Å². The van der Waals surface area contributed by atoms with Gasteiger partial charge in [-0.3, -0.25) is 4.98 Å². The molecule has 7 heteroatoms. The molecule has 0 fully saturated rings. The highest BCUT2D eigenvalue weighted by Gasteiger charge is 2.17. The van der Waals surface area contributed by atoms with Crippen LogP contribution in [0, 0.1) is 5.82 Å². The number of hydrogen-bond acceptors (Lipinski definition) is 4. The van der Waals surface area contributed by atoms with Gasteiger partial charge in [0.25, 0.3) is 0 Å². The third kappa shape index (κ3) is 3.42. The first-order valence-corrected chi connectivity index (χ1v) is 8.65. The molecule has 0 radical (unpaired) electrons. The third-order valence-electron chi connectivity index (χ3n) is 4.40. The van der Waals surface area contributed by atoms with Crippen LogP contribution in [0.15, 0.2) is 67.1 Å². The number of alkyl carbamates (subject to hydrolysis) is 1. The second-order valence-electron chi connectivity index (χ2n) is 6.18. The van der Waals surface area contributed by atoms with E-state index in [0.29, 0.717) is 6.54 Å². The summed E-state index contributed by atoms with van der Waals surface area (Å²) < 4.78 is 19.7. The molecule has 4 aromatic rings. The smallest absolute Gasteiger partial charge is 0.407 e. The second-order valence-corrected chi connectivity index (χ2v) is 6.18. The first kappa shape index (κ1) is 17.7. The van der Waals surface area contributed by atoms with Gasteiger partial charge in [-0.25, -0.2) is 13.7 Å². The molecule has 140 valence electrons. The second kappa shape index (κ2) is 7.48. The highest BCUT2D eigenvalue weighted by molar-refractivity contribution is 5.92. The van der Waals surface area contributed by atoms with Crippen molar-refractivity contribution in [3.63, 3.8) is 0 Å². The Morgan fingerprint density at radius 1 is 1.07 bits per heavy atom. The number of aromatic nitrogens is 3. The zero-order valence-corrected chi connectivity index (χ0v) is 15.1. The zero-order valence-electron chi connectivity index (χ0n) is 15.1. The Kier molecular flexibility index (Phi) is 4.72. The number of fused-ring (bicyclic) bond motifs is 1. The Bertz CT molecular complexity index is 1120. The predicted molar refractivity (Wildman–Crippen MR) is 103 cm³/mol. The van der Waals surface area contributed by atoms with Crippen LogP contribution in [0.25, 0.3) is 27.9 Å². The number of ether oxygens (including phenoxy) is 1. The van der Waals surface area contributed by atoms with Crippen molar-refractivity contribution in [3.8, 4) is 22.4 Å². The normalized spacial score (nSPS) is 10.8. The van der Waals surface area contributed by atoms with Crippen LogP contribution in [0.4, 0.5) is 9.18 Å². The van der Waals surface area contributed by atoms with Gasteiger partial charge in [0, 0.05) is 36.3 Å². The Hall–Kier alpha value is -3.74. The molecular weight excluding hydrogens is 359 g/mol. The van der Waals surface area contributed by atoms with E-state index in [9.17, 15) is 9.18 Å². The summed E-state index contributed by atoms with van der Waals surface area (Å²) in [6, 6.07) is 14.0. The highest BCUT2D eigenvalue weighted by Crippen LogP contribution is 2.35. The highest BCUT2D eigenvalue weighted by atomic mass is 19.1. The molecule has 0 spiro atoms. The minimum atomic E-state index is -0.495. The summed E-state index contributed by atoms with van der Waals surface area (Å²) in [4.78, 5) is 15.4. The molecular formula is C21H17FN4O2. The predicted octanol–water partition coefficient (Wildman–Crippen LogP) is 4.06. The third-order valence-corrected chi connectivity index (χ3v) is 4.40. The Morgan fingerprint density at radius 3 is 2.54 bits per heavy atom. The maximum Gasteiger partial charge on any atom is 0.407 e. The number of nitrogens with one attached hydrogen (secondary N) is 1. The van der Waals surface area contributed by atoms with Crippen LogP contribution in [-0.2, 0) is 11.3 Å². The van der Waals surface area contributed by atoms with Crippen LogP contribution < -0.4 is 5.32 Å². The molecule has 0 aliphatic carbocycles. The SMILES string of the molecule is COC(=O)NCc1ccc2c(-c3ccncc3)c(-c3ccc(F)cc3)nn2c1. The maximum absolute atomic E-state index is 13.4. The van der Waals surface area contributed by atoms with Crippen molar-refractivity contribution in [1.82, 2.24) is 19.9 Å². The first-order valence-electron chi connectivity index (χ1n) is 8.65. The summed E-state index contributed by atoms with van der Waals surface area (Å²) in [5, 5.41) is 7.38. The Balaban J connectivity index is 1.84. The van der Waals surface area contributed by atoms with Crippen molar-refractivity contribution >= 4 is 11.6 Å². The summed E-state index contributed by atoms with van der Waals surface area (Å²) in [6.45, 7) is 0.318. The topological polar surface area (TPSA) is 68.5 Å². The van der Waals surface area contributed by atoms with Gasteiger partial charge in [-0.05, 0) is 53.6 Å². The molecule has 1 amide bonds. The molecule has 3 heterocycles.